The average molecular weight is 330 g/mol. The minimum Gasteiger partial charge on any atom is -0.350 e. The molecule has 0 saturated carbocycles. The lowest BCUT2D eigenvalue weighted by Crippen LogP contribution is -2.31. The van der Waals surface area contributed by atoms with E-state index in [1.807, 2.05) is 19.9 Å². The zero-order chi connectivity index (χ0) is 14.3. The molecule has 0 aliphatic heterocycles. The van der Waals surface area contributed by atoms with E-state index in [1.165, 1.54) is 0 Å². The first kappa shape index (κ1) is 16.2. The average Bonchev–Trinajstić information content (AvgIpc) is 2.77. The molecule has 1 heterocycles. The van der Waals surface area contributed by atoms with Gasteiger partial charge in [-0.15, -0.1) is 0 Å². The number of carbonyl (C=O) groups is 1. The van der Waals surface area contributed by atoms with Crippen molar-refractivity contribution in [1.82, 2.24) is 15.1 Å². The summed E-state index contributed by atoms with van der Waals surface area (Å²) in [5.41, 5.74) is 1.55. The Balaban J connectivity index is 2.58. The standard InChI is InChI=1S/C14H24BrN3O/c1-4-6-12(7-8-15)10-16-14(19)13-9-11(3)17-18(13)5-2/h9,12H,4-8,10H2,1-3H3,(H,16,19). The molecule has 19 heavy (non-hydrogen) atoms. The highest BCUT2D eigenvalue weighted by atomic mass is 79.9. The number of aryl methyl sites for hydroxylation is 2. The van der Waals surface area contributed by atoms with E-state index in [2.05, 4.69) is 33.3 Å². The maximum absolute atomic E-state index is 12.2. The molecule has 0 saturated heterocycles. The summed E-state index contributed by atoms with van der Waals surface area (Å²) in [5.74, 6) is 0.533. The van der Waals surface area contributed by atoms with E-state index in [4.69, 9.17) is 0 Å². The molecule has 108 valence electrons. The predicted molar refractivity (Wildman–Crippen MR) is 81.8 cm³/mol. The largest absolute Gasteiger partial charge is 0.350 e. The van der Waals surface area contributed by atoms with E-state index in [1.54, 1.807) is 4.68 Å². The fourth-order valence-corrected chi connectivity index (χ4v) is 2.86. The molecule has 1 N–H and O–H groups in total. The summed E-state index contributed by atoms with van der Waals surface area (Å²) in [6, 6.07) is 1.85. The minimum absolute atomic E-state index is 0.0156. The van der Waals surface area contributed by atoms with Crippen LogP contribution in [0.15, 0.2) is 6.07 Å². The molecule has 4 nitrogen and oxygen atoms in total. The molecule has 0 radical (unpaired) electrons. The number of hydrogen-bond acceptors (Lipinski definition) is 2. The summed E-state index contributed by atoms with van der Waals surface area (Å²) in [4.78, 5) is 12.2. The summed E-state index contributed by atoms with van der Waals surface area (Å²) >= 11 is 3.47. The molecule has 0 aliphatic rings. The van der Waals surface area contributed by atoms with E-state index in [0.717, 1.165) is 43.4 Å². The van der Waals surface area contributed by atoms with Crippen molar-refractivity contribution in [2.24, 2.45) is 5.92 Å². The van der Waals surface area contributed by atoms with Gasteiger partial charge in [0.1, 0.15) is 5.69 Å². The smallest absolute Gasteiger partial charge is 0.269 e. The summed E-state index contributed by atoms with van der Waals surface area (Å²) in [6.07, 6.45) is 3.40. The number of alkyl halides is 1. The van der Waals surface area contributed by atoms with Crippen molar-refractivity contribution in [2.75, 3.05) is 11.9 Å². The predicted octanol–water partition coefficient (Wildman–Crippen LogP) is 3.14. The van der Waals surface area contributed by atoms with Gasteiger partial charge >= 0.3 is 0 Å². The Kier molecular flexibility index (Phi) is 7.13. The molecule has 0 aromatic carbocycles. The van der Waals surface area contributed by atoms with Gasteiger partial charge in [0.2, 0.25) is 0 Å². The van der Waals surface area contributed by atoms with E-state index in [-0.39, 0.29) is 5.91 Å². The Labute approximate surface area is 124 Å². The van der Waals surface area contributed by atoms with E-state index < -0.39 is 0 Å². The zero-order valence-corrected chi connectivity index (χ0v) is 13.7. The maximum atomic E-state index is 12.2. The second-order valence-electron chi connectivity index (χ2n) is 4.83. The molecular formula is C14H24BrN3O. The number of carbonyl (C=O) groups excluding carboxylic acids is 1. The van der Waals surface area contributed by atoms with Crippen LogP contribution in [0, 0.1) is 12.8 Å². The fraction of sp³-hybridized carbons (Fsp3) is 0.714. The number of nitrogens with one attached hydrogen (secondary N) is 1. The number of aromatic nitrogens is 2. The van der Waals surface area contributed by atoms with Crippen molar-refractivity contribution in [2.45, 2.75) is 46.6 Å². The van der Waals surface area contributed by atoms with Crippen molar-refractivity contribution < 1.29 is 4.79 Å². The number of hydrogen-bond donors (Lipinski definition) is 1. The lowest BCUT2D eigenvalue weighted by Gasteiger charge is -2.15. The lowest BCUT2D eigenvalue weighted by atomic mass is 10.0. The number of nitrogens with zero attached hydrogens (tertiary/aromatic N) is 2. The van der Waals surface area contributed by atoms with Crippen LogP contribution in [-0.2, 0) is 6.54 Å². The van der Waals surface area contributed by atoms with Crippen LogP contribution >= 0.6 is 15.9 Å². The van der Waals surface area contributed by atoms with Crippen LogP contribution in [0.3, 0.4) is 0 Å². The summed E-state index contributed by atoms with van der Waals surface area (Å²) < 4.78 is 1.75. The highest BCUT2D eigenvalue weighted by molar-refractivity contribution is 9.09. The molecule has 0 bridgehead atoms. The summed E-state index contributed by atoms with van der Waals surface area (Å²) in [6.45, 7) is 7.54. The van der Waals surface area contributed by atoms with Gasteiger partial charge in [0.25, 0.3) is 5.91 Å². The van der Waals surface area contributed by atoms with Gasteiger partial charge < -0.3 is 5.32 Å². The molecule has 1 atom stereocenters. The molecular weight excluding hydrogens is 306 g/mol. The number of amides is 1. The van der Waals surface area contributed by atoms with Crippen molar-refractivity contribution >= 4 is 21.8 Å². The van der Waals surface area contributed by atoms with Crippen molar-refractivity contribution in [3.63, 3.8) is 0 Å². The Morgan fingerprint density at radius 1 is 1.47 bits per heavy atom. The van der Waals surface area contributed by atoms with Gasteiger partial charge in [-0.25, -0.2) is 0 Å². The zero-order valence-electron chi connectivity index (χ0n) is 12.1. The molecule has 1 aromatic heterocycles. The second-order valence-corrected chi connectivity index (χ2v) is 5.62. The van der Waals surface area contributed by atoms with Gasteiger partial charge in [-0.05, 0) is 38.7 Å². The second kappa shape index (κ2) is 8.35. The van der Waals surface area contributed by atoms with Gasteiger partial charge in [-0.1, -0.05) is 29.3 Å². The first-order valence-corrected chi connectivity index (χ1v) is 8.13. The topological polar surface area (TPSA) is 46.9 Å². The first-order valence-electron chi connectivity index (χ1n) is 7.00. The third-order valence-electron chi connectivity index (χ3n) is 3.20. The van der Waals surface area contributed by atoms with Crippen LogP contribution in [0.4, 0.5) is 0 Å². The van der Waals surface area contributed by atoms with Crippen LogP contribution < -0.4 is 5.32 Å². The van der Waals surface area contributed by atoms with Gasteiger partial charge in [0, 0.05) is 18.4 Å². The molecule has 0 fully saturated rings. The van der Waals surface area contributed by atoms with Gasteiger partial charge in [0.15, 0.2) is 0 Å². The molecule has 1 aromatic rings. The van der Waals surface area contributed by atoms with Crippen molar-refractivity contribution in [3.05, 3.63) is 17.5 Å². The summed E-state index contributed by atoms with van der Waals surface area (Å²) in [7, 11) is 0. The third kappa shape index (κ3) is 4.97. The SMILES string of the molecule is CCCC(CCBr)CNC(=O)c1cc(C)nn1CC. The Morgan fingerprint density at radius 2 is 2.21 bits per heavy atom. The highest BCUT2D eigenvalue weighted by Crippen LogP contribution is 2.12. The van der Waals surface area contributed by atoms with E-state index in [9.17, 15) is 4.79 Å². The van der Waals surface area contributed by atoms with Crippen LogP contribution in [0.5, 0.6) is 0 Å². The highest BCUT2D eigenvalue weighted by Gasteiger charge is 2.14. The first-order chi connectivity index (χ1) is 9.12. The van der Waals surface area contributed by atoms with Crippen LogP contribution in [-0.4, -0.2) is 27.6 Å². The van der Waals surface area contributed by atoms with Gasteiger partial charge in [0.05, 0.1) is 5.69 Å². The normalized spacial score (nSPS) is 12.4. The van der Waals surface area contributed by atoms with Crippen LogP contribution in [0.1, 0.15) is 49.3 Å². The van der Waals surface area contributed by atoms with Crippen LogP contribution in [0.2, 0.25) is 0 Å². The molecule has 1 unspecified atom stereocenters. The maximum Gasteiger partial charge on any atom is 0.269 e. The monoisotopic (exact) mass is 329 g/mol. The lowest BCUT2D eigenvalue weighted by molar-refractivity contribution is 0.0935. The van der Waals surface area contributed by atoms with Crippen molar-refractivity contribution in [1.29, 1.82) is 0 Å². The van der Waals surface area contributed by atoms with Gasteiger partial charge in [-0.2, -0.15) is 5.10 Å². The Bertz CT molecular complexity index is 397. The Hall–Kier alpha value is -0.840. The quantitative estimate of drug-likeness (QED) is 0.745. The van der Waals surface area contributed by atoms with E-state index >= 15 is 0 Å². The number of halogens is 1. The van der Waals surface area contributed by atoms with E-state index in [0.29, 0.717) is 11.6 Å². The molecule has 1 amide bonds. The molecule has 0 aliphatic carbocycles. The minimum atomic E-state index is -0.0156. The summed E-state index contributed by atoms with van der Waals surface area (Å²) in [5, 5.41) is 8.32. The third-order valence-corrected chi connectivity index (χ3v) is 3.66. The Morgan fingerprint density at radius 3 is 2.79 bits per heavy atom. The number of rotatable bonds is 8. The molecule has 0 spiro atoms. The fourth-order valence-electron chi connectivity index (χ4n) is 2.21. The molecule has 1 rings (SSSR count). The van der Waals surface area contributed by atoms with Crippen molar-refractivity contribution in [3.8, 4) is 0 Å². The van der Waals surface area contributed by atoms with Crippen LogP contribution in [0.25, 0.3) is 0 Å². The molecule has 5 heteroatoms. The van der Waals surface area contributed by atoms with Gasteiger partial charge in [-0.3, -0.25) is 9.48 Å².